The van der Waals surface area contributed by atoms with Crippen molar-refractivity contribution in [3.05, 3.63) is 34.9 Å². The van der Waals surface area contributed by atoms with Crippen molar-refractivity contribution in [2.75, 3.05) is 45.9 Å². The highest BCUT2D eigenvalue weighted by Crippen LogP contribution is 2.29. The fraction of sp³-hybridized carbons (Fsp3) is 0.650. The van der Waals surface area contributed by atoms with Gasteiger partial charge in [-0.05, 0) is 37.1 Å². The number of aliphatic hydroxyl groups excluding tert-OH is 1. The van der Waals surface area contributed by atoms with Gasteiger partial charge in [0.1, 0.15) is 0 Å². The molecule has 0 aliphatic carbocycles. The molecule has 2 atom stereocenters. The summed E-state index contributed by atoms with van der Waals surface area (Å²) in [6.07, 6.45) is 0. The van der Waals surface area contributed by atoms with Crippen LogP contribution >= 0.6 is 11.6 Å². The number of carbonyl (C=O) groups is 1. The third kappa shape index (κ3) is 4.06. The Bertz CT molecular complexity index is 636. The molecule has 2 aliphatic rings. The Morgan fingerprint density at radius 2 is 1.96 bits per heavy atom. The number of nitrogens with zero attached hydrogens (tertiary/aromatic N) is 3. The van der Waals surface area contributed by atoms with Gasteiger partial charge in [0.25, 0.3) is 5.91 Å². The average molecular weight is 380 g/mol. The molecule has 5 nitrogen and oxygen atoms in total. The number of amides is 1. The smallest absolute Gasteiger partial charge is 0.253 e. The van der Waals surface area contributed by atoms with Crippen LogP contribution in [-0.4, -0.2) is 83.2 Å². The Morgan fingerprint density at radius 1 is 1.27 bits per heavy atom. The zero-order chi connectivity index (χ0) is 18.9. The Hall–Kier alpha value is -1.14. The number of hydrogen-bond acceptors (Lipinski definition) is 4. The molecule has 1 amide bonds. The van der Waals surface area contributed by atoms with E-state index in [0.29, 0.717) is 29.6 Å². The minimum Gasteiger partial charge on any atom is -0.394 e. The molecule has 0 aromatic heterocycles. The summed E-state index contributed by atoms with van der Waals surface area (Å²) in [5.41, 5.74) is 0.257. The number of piperazine rings is 2. The maximum Gasteiger partial charge on any atom is 0.253 e. The molecule has 26 heavy (non-hydrogen) atoms. The largest absolute Gasteiger partial charge is 0.394 e. The van der Waals surface area contributed by atoms with Gasteiger partial charge in [-0.3, -0.25) is 9.69 Å². The van der Waals surface area contributed by atoms with Crippen LogP contribution in [0.15, 0.2) is 24.3 Å². The van der Waals surface area contributed by atoms with Crippen molar-refractivity contribution in [3.63, 3.8) is 0 Å². The maximum atomic E-state index is 13.0. The van der Waals surface area contributed by atoms with Crippen LogP contribution in [-0.2, 0) is 0 Å². The van der Waals surface area contributed by atoms with E-state index in [1.54, 1.807) is 24.3 Å². The van der Waals surface area contributed by atoms with Crippen molar-refractivity contribution in [2.45, 2.75) is 32.4 Å². The summed E-state index contributed by atoms with van der Waals surface area (Å²) in [5.74, 6) is 0.642. The zero-order valence-corrected chi connectivity index (χ0v) is 16.7. The molecule has 0 radical (unpaired) electrons. The van der Waals surface area contributed by atoms with Crippen molar-refractivity contribution >= 4 is 17.5 Å². The summed E-state index contributed by atoms with van der Waals surface area (Å²) < 4.78 is 0. The second-order valence-corrected chi connectivity index (χ2v) is 8.78. The molecule has 1 N–H and O–H groups in total. The SMILES string of the molecule is CC(C)CN1CCN2C(C1)CN(C(=O)c1ccc(Cl)cc1)CC2(C)CO. The molecule has 2 saturated heterocycles. The van der Waals surface area contributed by atoms with Gasteiger partial charge in [-0.1, -0.05) is 25.4 Å². The monoisotopic (exact) mass is 379 g/mol. The number of fused-ring (bicyclic) bond motifs is 1. The lowest BCUT2D eigenvalue weighted by Gasteiger charge is -2.56. The van der Waals surface area contributed by atoms with E-state index < -0.39 is 5.54 Å². The summed E-state index contributed by atoms with van der Waals surface area (Å²) >= 11 is 5.95. The highest BCUT2D eigenvalue weighted by Gasteiger charge is 2.46. The molecule has 1 aromatic rings. The highest BCUT2D eigenvalue weighted by molar-refractivity contribution is 6.30. The summed E-state index contributed by atoms with van der Waals surface area (Å²) in [5, 5.41) is 10.7. The van der Waals surface area contributed by atoms with Crippen molar-refractivity contribution in [1.82, 2.24) is 14.7 Å². The second kappa shape index (κ2) is 7.85. The first-order chi connectivity index (χ1) is 12.3. The predicted octanol–water partition coefficient (Wildman–Crippen LogP) is 2.19. The first-order valence-electron chi connectivity index (χ1n) is 9.47. The van der Waals surface area contributed by atoms with E-state index in [9.17, 15) is 9.90 Å². The minimum absolute atomic E-state index is 0.0157. The predicted molar refractivity (Wildman–Crippen MR) is 105 cm³/mol. The molecule has 2 unspecified atom stereocenters. The van der Waals surface area contributed by atoms with Crippen LogP contribution in [0.1, 0.15) is 31.1 Å². The van der Waals surface area contributed by atoms with Crippen molar-refractivity contribution in [3.8, 4) is 0 Å². The van der Waals surface area contributed by atoms with Crippen LogP contribution in [0.3, 0.4) is 0 Å². The Kier molecular flexibility index (Phi) is 5.92. The molecular formula is C20H30ClN3O2. The molecule has 2 fully saturated rings. The van der Waals surface area contributed by atoms with Crippen LogP contribution in [0.4, 0.5) is 0 Å². The van der Waals surface area contributed by atoms with Gasteiger partial charge in [0.05, 0.1) is 12.1 Å². The fourth-order valence-corrected chi connectivity index (χ4v) is 4.49. The molecule has 3 rings (SSSR count). The third-order valence-corrected chi connectivity index (χ3v) is 5.82. The first kappa shape index (κ1) is 19.6. The second-order valence-electron chi connectivity index (χ2n) is 8.35. The van der Waals surface area contributed by atoms with Gasteiger partial charge in [-0.15, -0.1) is 0 Å². The molecule has 0 spiro atoms. The van der Waals surface area contributed by atoms with E-state index in [1.165, 1.54) is 0 Å². The summed E-state index contributed by atoms with van der Waals surface area (Å²) in [6, 6.07) is 7.31. The van der Waals surface area contributed by atoms with Crippen LogP contribution in [0.5, 0.6) is 0 Å². The van der Waals surface area contributed by atoms with Gasteiger partial charge < -0.3 is 14.9 Å². The Morgan fingerprint density at radius 3 is 2.58 bits per heavy atom. The number of halogens is 1. The van der Waals surface area contributed by atoms with E-state index >= 15 is 0 Å². The molecule has 6 heteroatoms. The molecule has 1 aromatic carbocycles. The number of benzene rings is 1. The number of hydrogen-bond donors (Lipinski definition) is 1. The van der Waals surface area contributed by atoms with Gasteiger partial charge in [-0.2, -0.15) is 0 Å². The van der Waals surface area contributed by atoms with E-state index in [0.717, 1.165) is 26.2 Å². The average Bonchev–Trinajstić information content (AvgIpc) is 2.61. The van der Waals surface area contributed by atoms with Crippen molar-refractivity contribution < 1.29 is 9.90 Å². The third-order valence-electron chi connectivity index (χ3n) is 5.57. The van der Waals surface area contributed by atoms with Gasteiger partial charge in [-0.25, -0.2) is 0 Å². The van der Waals surface area contributed by atoms with E-state index in [2.05, 4.69) is 30.6 Å². The lowest BCUT2D eigenvalue weighted by Crippen LogP contribution is -2.72. The number of rotatable bonds is 4. The molecular weight excluding hydrogens is 350 g/mol. The topological polar surface area (TPSA) is 47.0 Å². The fourth-order valence-electron chi connectivity index (χ4n) is 4.36. The number of carbonyl (C=O) groups excluding carboxylic acids is 1. The highest BCUT2D eigenvalue weighted by atomic mass is 35.5. The van der Waals surface area contributed by atoms with Crippen LogP contribution in [0.2, 0.25) is 5.02 Å². The zero-order valence-electron chi connectivity index (χ0n) is 16.0. The van der Waals surface area contributed by atoms with Gasteiger partial charge >= 0.3 is 0 Å². The lowest BCUT2D eigenvalue weighted by atomic mass is 9.91. The van der Waals surface area contributed by atoms with Gasteiger partial charge in [0, 0.05) is 55.9 Å². The van der Waals surface area contributed by atoms with Crippen molar-refractivity contribution in [2.24, 2.45) is 5.92 Å². The maximum absolute atomic E-state index is 13.0. The van der Waals surface area contributed by atoms with E-state index in [-0.39, 0.29) is 18.6 Å². The van der Waals surface area contributed by atoms with E-state index in [4.69, 9.17) is 11.6 Å². The van der Waals surface area contributed by atoms with Crippen molar-refractivity contribution in [1.29, 1.82) is 0 Å². The first-order valence-corrected chi connectivity index (χ1v) is 9.85. The Labute approximate surface area is 161 Å². The number of aliphatic hydroxyl groups is 1. The van der Waals surface area contributed by atoms with Gasteiger partial charge in [0.15, 0.2) is 0 Å². The summed E-state index contributed by atoms with van der Waals surface area (Å²) in [7, 11) is 0. The molecule has 2 heterocycles. The normalized spacial score (nSPS) is 27.6. The van der Waals surface area contributed by atoms with Crippen LogP contribution in [0, 0.1) is 5.92 Å². The molecule has 144 valence electrons. The minimum atomic E-state index is -0.394. The quantitative estimate of drug-likeness (QED) is 0.871. The molecule has 0 bridgehead atoms. The Balaban J connectivity index is 1.78. The molecule has 0 saturated carbocycles. The molecule has 2 aliphatic heterocycles. The van der Waals surface area contributed by atoms with Gasteiger partial charge in [0.2, 0.25) is 0 Å². The van der Waals surface area contributed by atoms with Crippen LogP contribution in [0.25, 0.3) is 0 Å². The summed E-state index contributed by atoms with van der Waals surface area (Å²) in [4.78, 5) is 19.8. The van der Waals surface area contributed by atoms with E-state index in [1.807, 2.05) is 4.90 Å². The standard InChI is InChI=1S/C20H30ClN3O2/c1-15(2)10-22-8-9-24-18(11-22)12-23(13-20(24,3)14-25)19(26)16-4-6-17(21)7-5-16/h4-7,15,18,25H,8-14H2,1-3H3. The summed E-state index contributed by atoms with van der Waals surface area (Å²) in [6.45, 7) is 11.8. The van der Waals surface area contributed by atoms with Crippen LogP contribution < -0.4 is 0 Å². The lowest BCUT2D eigenvalue weighted by molar-refractivity contribution is -0.0845.